The van der Waals surface area contributed by atoms with Gasteiger partial charge in [-0.2, -0.15) is 0 Å². The van der Waals surface area contributed by atoms with Gasteiger partial charge in [-0.25, -0.2) is 18.4 Å². The van der Waals surface area contributed by atoms with E-state index in [0.717, 1.165) is 18.2 Å². The first kappa shape index (κ1) is 13.8. The van der Waals surface area contributed by atoms with Crippen LogP contribution in [0.3, 0.4) is 0 Å². The summed E-state index contributed by atoms with van der Waals surface area (Å²) in [5.74, 6) is -3.46. The number of amides is 2. The number of aliphatic carboxylic acids is 1. The summed E-state index contributed by atoms with van der Waals surface area (Å²) in [6, 6.07) is 2.00. The quantitative estimate of drug-likeness (QED) is 0.634. The second-order valence-corrected chi connectivity index (χ2v) is 3.29. The molecular weight excluding hydrogens is 250 g/mol. The minimum atomic E-state index is -1.79. The van der Waals surface area contributed by atoms with Gasteiger partial charge in [-0.15, -0.1) is 0 Å². The van der Waals surface area contributed by atoms with E-state index in [1.54, 1.807) is 0 Å². The van der Waals surface area contributed by atoms with Crippen LogP contribution in [0.5, 0.6) is 0 Å². The summed E-state index contributed by atoms with van der Waals surface area (Å²) in [6.45, 7) is -0.586. The number of halogens is 2. The minimum Gasteiger partial charge on any atom is -0.479 e. The summed E-state index contributed by atoms with van der Waals surface area (Å²) in [4.78, 5) is 21.4. The predicted octanol–water partition coefficient (Wildman–Crippen LogP) is 0.532. The first-order valence-corrected chi connectivity index (χ1v) is 4.81. The second-order valence-electron chi connectivity index (χ2n) is 3.29. The average molecular weight is 260 g/mol. The third-order valence-electron chi connectivity index (χ3n) is 1.94. The number of hydrogen-bond donors (Lipinski definition) is 4. The number of carbonyl (C=O) groups is 2. The second kappa shape index (κ2) is 5.92. The minimum absolute atomic E-state index is 0.586. The third kappa shape index (κ3) is 3.67. The number of carbonyl (C=O) groups excluding carboxylic acids is 1. The predicted molar refractivity (Wildman–Crippen MR) is 57.0 cm³/mol. The number of urea groups is 1. The van der Waals surface area contributed by atoms with Crippen molar-refractivity contribution in [1.82, 2.24) is 5.32 Å². The molecule has 0 aliphatic rings. The first-order chi connectivity index (χ1) is 8.41. The van der Waals surface area contributed by atoms with E-state index in [0.29, 0.717) is 0 Å². The number of nitrogens with one attached hydrogen (secondary N) is 2. The number of anilines is 1. The van der Waals surface area contributed by atoms with Gasteiger partial charge < -0.3 is 20.8 Å². The van der Waals surface area contributed by atoms with Crippen molar-refractivity contribution in [2.75, 3.05) is 11.9 Å². The maximum Gasteiger partial charge on any atom is 0.334 e. The Hall–Kier alpha value is -2.22. The van der Waals surface area contributed by atoms with Gasteiger partial charge in [0.2, 0.25) is 0 Å². The van der Waals surface area contributed by atoms with Gasteiger partial charge in [0.25, 0.3) is 0 Å². The van der Waals surface area contributed by atoms with Gasteiger partial charge in [0.05, 0.1) is 6.54 Å². The fourth-order valence-electron chi connectivity index (χ4n) is 1.05. The first-order valence-electron chi connectivity index (χ1n) is 4.81. The van der Waals surface area contributed by atoms with E-state index in [9.17, 15) is 18.4 Å². The highest BCUT2D eigenvalue weighted by molar-refractivity contribution is 5.89. The molecular formula is C10H10F2N2O4. The molecule has 0 bridgehead atoms. The molecule has 0 saturated carbocycles. The van der Waals surface area contributed by atoms with Crippen molar-refractivity contribution in [2.24, 2.45) is 0 Å². The summed E-state index contributed by atoms with van der Waals surface area (Å²) in [5, 5.41) is 21.0. The zero-order valence-electron chi connectivity index (χ0n) is 8.98. The van der Waals surface area contributed by atoms with Crippen LogP contribution in [0.25, 0.3) is 0 Å². The molecule has 1 atom stereocenters. The van der Waals surface area contributed by atoms with E-state index < -0.39 is 42.0 Å². The van der Waals surface area contributed by atoms with Crippen molar-refractivity contribution in [2.45, 2.75) is 6.10 Å². The SMILES string of the molecule is O=C(NCC(O)C(=O)O)Nc1c(F)cccc1F. The summed E-state index contributed by atoms with van der Waals surface area (Å²) < 4.78 is 26.2. The monoisotopic (exact) mass is 260 g/mol. The van der Waals surface area contributed by atoms with Crippen LogP contribution in [-0.2, 0) is 4.79 Å². The molecule has 0 radical (unpaired) electrons. The molecule has 0 aromatic heterocycles. The number of aliphatic hydroxyl groups excluding tert-OH is 1. The fourth-order valence-corrected chi connectivity index (χ4v) is 1.05. The van der Waals surface area contributed by atoms with Crippen molar-refractivity contribution in [3.8, 4) is 0 Å². The highest BCUT2D eigenvalue weighted by Gasteiger charge is 2.16. The number of hydrogen-bond acceptors (Lipinski definition) is 3. The molecule has 4 N–H and O–H groups in total. The lowest BCUT2D eigenvalue weighted by Crippen LogP contribution is -2.39. The highest BCUT2D eigenvalue weighted by Crippen LogP contribution is 2.17. The number of carboxylic acids is 1. The Morgan fingerprint density at radius 3 is 2.33 bits per heavy atom. The molecule has 0 aliphatic heterocycles. The molecule has 1 aromatic carbocycles. The Kier molecular flexibility index (Phi) is 4.55. The van der Waals surface area contributed by atoms with Crippen LogP contribution in [0.2, 0.25) is 0 Å². The van der Waals surface area contributed by atoms with Gasteiger partial charge in [-0.3, -0.25) is 0 Å². The van der Waals surface area contributed by atoms with Gasteiger partial charge >= 0.3 is 12.0 Å². The van der Waals surface area contributed by atoms with E-state index in [2.05, 4.69) is 0 Å². The highest BCUT2D eigenvalue weighted by atomic mass is 19.1. The molecule has 6 nitrogen and oxygen atoms in total. The van der Waals surface area contributed by atoms with E-state index in [1.165, 1.54) is 0 Å². The van der Waals surface area contributed by atoms with Crippen LogP contribution in [0, 0.1) is 11.6 Å². The molecule has 1 unspecified atom stereocenters. The van der Waals surface area contributed by atoms with Gasteiger partial charge in [-0.05, 0) is 12.1 Å². The van der Waals surface area contributed by atoms with E-state index in [4.69, 9.17) is 10.2 Å². The van der Waals surface area contributed by atoms with Crippen LogP contribution in [0.4, 0.5) is 19.3 Å². The molecule has 0 heterocycles. The van der Waals surface area contributed by atoms with E-state index in [1.807, 2.05) is 10.6 Å². The average Bonchev–Trinajstić information content (AvgIpc) is 2.30. The van der Waals surface area contributed by atoms with Crippen LogP contribution in [-0.4, -0.2) is 34.9 Å². The topological polar surface area (TPSA) is 98.7 Å². The molecule has 0 saturated heterocycles. The van der Waals surface area contributed by atoms with Gasteiger partial charge in [0.15, 0.2) is 6.10 Å². The summed E-state index contributed by atoms with van der Waals surface area (Å²) in [5.41, 5.74) is -0.653. The standard InChI is InChI=1S/C10H10F2N2O4/c11-5-2-1-3-6(12)8(5)14-10(18)13-4-7(15)9(16)17/h1-3,7,15H,4H2,(H,16,17)(H2,13,14,18). The third-order valence-corrected chi connectivity index (χ3v) is 1.94. The Bertz CT molecular complexity index is 447. The molecule has 98 valence electrons. The molecule has 8 heteroatoms. The molecule has 0 spiro atoms. The normalized spacial score (nSPS) is 11.7. The number of para-hydroxylation sites is 1. The van der Waals surface area contributed by atoms with E-state index >= 15 is 0 Å². The van der Waals surface area contributed by atoms with Crippen molar-refractivity contribution in [1.29, 1.82) is 0 Å². The number of aliphatic hydroxyl groups is 1. The van der Waals surface area contributed by atoms with Crippen molar-refractivity contribution >= 4 is 17.7 Å². The lowest BCUT2D eigenvalue weighted by Gasteiger charge is -2.10. The Morgan fingerprint density at radius 1 is 1.28 bits per heavy atom. The largest absolute Gasteiger partial charge is 0.479 e. The maximum absolute atomic E-state index is 13.1. The fraction of sp³-hybridized carbons (Fsp3) is 0.200. The van der Waals surface area contributed by atoms with E-state index in [-0.39, 0.29) is 0 Å². The smallest absolute Gasteiger partial charge is 0.334 e. The molecule has 2 amide bonds. The zero-order chi connectivity index (χ0) is 13.7. The van der Waals surface area contributed by atoms with Crippen LogP contribution < -0.4 is 10.6 Å². The van der Waals surface area contributed by atoms with Crippen molar-refractivity contribution in [3.63, 3.8) is 0 Å². The van der Waals surface area contributed by atoms with Gasteiger partial charge in [0, 0.05) is 0 Å². The maximum atomic E-state index is 13.1. The number of rotatable bonds is 4. The molecule has 18 heavy (non-hydrogen) atoms. The Morgan fingerprint density at radius 2 is 1.83 bits per heavy atom. The van der Waals surface area contributed by atoms with Crippen LogP contribution in [0.1, 0.15) is 0 Å². The molecule has 0 aliphatic carbocycles. The van der Waals surface area contributed by atoms with Crippen LogP contribution >= 0.6 is 0 Å². The Balaban J connectivity index is 2.58. The van der Waals surface area contributed by atoms with Gasteiger partial charge in [0.1, 0.15) is 17.3 Å². The summed E-state index contributed by atoms with van der Waals surface area (Å²) in [6.07, 6.45) is -1.79. The lowest BCUT2D eigenvalue weighted by atomic mass is 10.3. The zero-order valence-corrected chi connectivity index (χ0v) is 8.98. The van der Waals surface area contributed by atoms with Crippen molar-refractivity contribution < 1.29 is 28.6 Å². The number of carboxylic acid groups (broad SMARTS) is 1. The lowest BCUT2D eigenvalue weighted by molar-refractivity contribution is -0.146. The molecule has 0 fully saturated rings. The molecule has 1 rings (SSSR count). The van der Waals surface area contributed by atoms with Crippen LogP contribution in [0.15, 0.2) is 18.2 Å². The van der Waals surface area contributed by atoms with Gasteiger partial charge in [-0.1, -0.05) is 6.07 Å². The number of benzene rings is 1. The Labute approximate surface area is 100 Å². The molecule has 1 aromatic rings. The summed E-state index contributed by atoms with van der Waals surface area (Å²) in [7, 11) is 0. The summed E-state index contributed by atoms with van der Waals surface area (Å²) >= 11 is 0. The van der Waals surface area contributed by atoms with Crippen molar-refractivity contribution in [3.05, 3.63) is 29.8 Å².